The lowest BCUT2D eigenvalue weighted by atomic mass is 9.86. The van der Waals surface area contributed by atoms with Gasteiger partial charge in [0.2, 0.25) is 0 Å². The molecule has 0 radical (unpaired) electrons. The summed E-state index contributed by atoms with van der Waals surface area (Å²) in [5.41, 5.74) is 9.66. The van der Waals surface area contributed by atoms with Crippen LogP contribution in [-0.4, -0.2) is 11.7 Å². The van der Waals surface area contributed by atoms with E-state index in [1.54, 1.807) is 0 Å². The van der Waals surface area contributed by atoms with Crippen LogP contribution in [0, 0.1) is 0 Å². The maximum absolute atomic E-state index is 6.76. The van der Waals surface area contributed by atoms with Gasteiger partial charge in [-0.25, -0.2) is 0 Å². The van der Waals surface area contributed by atoms with Gasteiger partial charge in [-0.1, -0.05) is 37.1 Å². The van der Waals surface area contributed by atoms with Gasteiger partial charge in [0.1, 0.15) is 0 Å². The first-order valence-electron chi connectivity index (χ1n) is 8.24. The van der Waals surface area contributed by atoms with E-state index in [0.29, 0.717) is 6.10 Å². The van der Waals surface area contributed by atoms with E-state index in [1.807, 2.05) is 0 Å². The second-order valence-corrected chi connectivity index (χ2v) is 7.19. The highest BCUT2D eigenvalue weighted by molar-refractivity contribution is 5.38. The van der Waals surface area contributed by atoms with Gasteiger partial charge in [0.05, 0.1) is 11.7 Å². The number of ether oxygens (including phenoxy) is 1. The molecule has 2 unspecified atom stereocenters. The van der Waals surface area contributed by atoms with Crippen LogP contribution in [0.3, 0.4) is 0 Å². The Labute approximate surface area is 121 Å². The number of hydrogen-bond acceptors (Lipinski definition) is 2. The number of rotatable bonds is 2. The third-order valence-electron chi connectivity index (χ3n) is 5.84. The Kier molecular flexibility index (Phi) is 2.94. The van der Waals surface area contributed by atoms with Crippen LogP contribution in [0.2, 0.25) is 0 Å². The van der Waals surface area contributed by atoms with E-state index in [4.69, 9.17) is 10.5 Å². The van der Waals surface area contributed by atoms with Crippen LogP contribution in [0.5, 0.6) is 0 Å². The normalized spacial score (nSPS) is 34.8. The fourth-order valence-corrected chi connectivity index (χ4v) is 4.76. The summed E-state index contributed by atoms with van der Waals surface area (Å²) in [6.07, 6.45) is 11.3. The van der Waals surface area contributed by atoms with Crippen molar-refractivity contribution in [1.82, 2.24) is 0 Å². The molecule has 0 aromatic heterocycles. The van der Waals surface area contributed by atoms with E-state index in [9.17, 15) is 0 Å². The molecular formula is C18H25NO. The number of hydrogen-bond donors (Lipinski definition) is 1. The van der Waals surface area contributed by atoms with E-state index < -0.39 is 0 Å². The van der Waals surface area contributed by atoms with Gasteiger partial charge in [0.25, 0.3) is 0 Å². The molecule has 2 nitrogen and oxygen atoms in total. The Hall–Kier alpha value is -0.860. The van der Waals surface area contributed by atoms with Crippen molar-refractivity contribution in [2.24, 2.45) is 5.73 Å². The Morgan fingerprint density at radius 3 is 2.75 bits per heavy atom. The summed E-state index contributed by atoms with van der Waals surface area (Å²) in [6, 6.07) is 8.71. The second kappa shape index (κ2) is 4.57. The van der Waals surface area contributed by atoms with Gasteiger partial charge >= 0.3 is 0 Å². The fraction of sp³-hybridized carbons (Fsp3) is 0.667. The molecule has 1 saturated heterocycles. The molecule has 2 N–H and O–H groups in total. The van der Waals surface area contributed by atoms with Crippen LogP contribution in [0.4, 0.5) is 0 Å². The Morgan fingerprint density at radius 2 is 1.90 bits per heavy atom. The molecule has 2 atom stereocenters. The lowest BCUT2D eigenvalue weighted by molar-refractivity contribution is -0.0464. The lowest BCUT2D eigenvalue weighted by Gasteiger charge is -2.30. The zero-order chi connectivity index (χ0) is 13.6. The fourth-order valence-electron chi connectivity index (χ4n) is 4.76. The van der Waals surface area contributed by atoms with Crippen molar-refractivity contribution in [3.05, 3.63) is 35.4 Å². The summed E-state index contributed by atoms with van der Waals surface area (Å²) in [7, 11) is 0. The standard InChI is InChI=1S/C18H25NO/c19-18(12-7-14-5-1-2-6-16(14)18)13-15-8-11-17(20-15)9-3-4-10-17/h1-2,5-6,15H,3-4,7-13,19H2. The summed E-state index contributed by atoms with van der Waals surface area (Å²) < 4.78 is 6.47. The highest BCUT2D eigenvalue weighted by atomic mass is 16.5. The number of aryl methyl sites for hydroxylation is 1. The number of nitrogens with two attached hydrogens (primary N) is 1. The summed E-state index contributed by atoms with van der Waals surface area (Å²) in [4.78, 5) is 0. The van der Waals surface area contributed by atoms with Crippen LogP contribution in [0.25, 0.3) is 0 Å². The lowest BCUT2D eigenvalue weighted by Crippen LogP contribution is -2.38. The van der Waals surface area contributed by atoms with Gasteiger partial charge in [-0.15, -0.1) is 0 Å². The molecule has 1 spiro atoms. The average molecular weight is 271 g/mol. The van der Waals surface area contributed by atoms with Crippen LogP contribution in [0.1, 0.15) is 62.5 Å². The van der Waals surface area contributed by atoms with Gasteiger partial charge in [-0.2, -0.15) is 0 Å². The van der Waals surface area contributed by atoms with Gasteiger partial charge < -0.3 is 10.5 Å². The molecule has 1 aromatic rings. The highest BCUT2D eigenvalue weighted by Gasteiger charge is 2.45. The first-order chi connectivity index (χ1) is 9.69. The molecule has 2 aliphatic carbocycles. The molecule has 3 aliphatic rings. The van der Waals surface area contributed by atoms with E-state index >= 15 is 0 Å². The minimum Gasteiger partial charge on any atom is -0.372 e. The van der Waals surface area contributed by atoms with Gasteiger partial charge in [-0.3, -0.25) is 0 Å². The van der Waals surface area contributed by atoms with Gasteiger partial charge in [0, 0.05) is 5.54 Å². The molecule has 2 heteroatoms. The molecule has 0 amide bonds. The quantitative estimate of drug-likeness (QED) is 0.890. The predicted molar refractivity (Wildman–Crippen MR) is 80.6 cm³/mol. The van der Waals surface area contributed by atoms with Crippen LogP contribution < -0.4 is 5.73 Å². The highest BCUT2D eigenvalue weighted by Crippen LogP contribution is 2.47. The molecule has 1 saturated carbocycles. The van der Waals surface area contributed by atoms with Crippen molar-refractivity contribution in [2.45, 2.75) is 75.0 Å². The van der Waals surface area contributed by atoms with E-state index in [-0.39, 0.29) is 11.1 Å². The van der Waals surface area contributed by atoms with E-state index in [2.05, 4.69) is 24.3 Å². The molecule has 1 heterocycles. The first kappa shape index (κ1) is 12.8. The summed E-state index contributed by atoms with van der Waals surface area (Å²) >= 11 is 0. The third-order valence-corrected chi connectivity index (χ3v) is 5.84. The summed E-state index contributed by atoms with van der Waals surface area (Å²) in [5, 5.41) is 0. The molecule has 1 aliphatic heterocycles. The van der Waals surface area contributed by atoms with E-state index in [1.165, 1.54) is 49.7 Å². The van der Waals surface area contributed by atoms with Crippen LogP contribution >= 0.6 is 0 Å². The Balaban J connectivity index is 1.50. The SMILES string of the molecule is NC1(CC2CCC3(CCCC3)O2)CCc2ccccc21. The molecule has 2 fully saturated rings. The average Bonchev–Trinajstić information content (AvgIpc) is 3.14. The molecular weight excluding hydrogens is 246 g/mol. The Bertz CT molecular complexity index is 506. The zero-order valence-electron chi connectivity index (χ0n) is 12.2. The topological polar surface area (TPSA) is 35.2 Å². The van der Waals surface area contributed by atoms with Crippen LogP contribution in [-0.2, 0) is 16.7 Å². The second-order valence-electron chi connectivity index (χ2n) is 7.19. The molecule has 108 valence electrons. The predicted octanol–water partition coefficient (Wildman–Crippen LogP) is 3.67. The van der Waals surface area contributed by atoms with Crippen LogP contribution in [0.15, 0.2) is 24.3 Å². The monoisotopic (exact) mass is 271 g/mol. The smallest absolute Gasteiger partial charge is 0.0687 e. The summed E-state index contributed by atoms with van der Waals surface area (Å²) in [6.45, 7) is 0. The first-order valence-corrected chi connectivity index (χ1v) is 8.24. The minimum atomic E-state index is -0.147. The largest absolute Gasteiger partial charge is 0.372 e. The van der Waals surface area contributed by atoms with Gasteiger partial charge in [-0.05, 0) is 56.1 Å². The maximum Gasteiger partial charge on any atom is 0.0687 e. The van der Waals surface area contributed by atoms with Gasteiger partial charge in [0.15, 0.2) is 0 Å². The van der Waals surface area contributed by atoms with Crippen molar-refractivity contribution in [2.75, 3.05) is 0 Å². The molecule has 4 rings (SSSR count). The maximum atomic E-state index is 6.76. The van der Waals surface area contributed by atoms with Crippen molar-refractivity contribution >= 4 is 0 Å². The number of benzene rings is 1. The number of fused-ring (bicyclic) bond motifs is 1. The minimum absolute atomic E-state index is 0.147. The van der Waals surface area contributed by atoms with Crippen molar-refractivity contribution < 1.29 is 4.74 Å². The Morgan fingerprint density at radius 1 is 1.10 bits per heavy atom. The molecule has 0 bridgehead atoms. The van der Waals surface area contributed by atoms with Crippen molar-refractivity contribution in [3.8, 4) is 0 Å². The molecule has 20 heavy (non-hydrogen) atoms. The molecule has 1 aromatic carbocycles. The van der Waals surface area contributed by atoms with Crippen molar-refractivity contribution in [3.63, 3.8) is 0 Å². The third kappa shape index (κ3) is 2.01. The van der Waals surface area contributed by atoms with E-state index in [0.717, 1.165) is 19.3 Å². The van der Waals surface area contributed by atoms with Crippen molar-refractivity contribution in [1.29, 1.82) is 0 Å². The zero-order valence-corrected chi connectivity index (χ0v) is 12.2. The summed E-state index contributed by atoms with van der Waals surface area (Å²) in [5.74, 6) is 0.